The van der Waals surface area contributed by atoms with Crippen LogP contribution in [0.2, 0.25) is 0 Å². The molecule has 0 spiro atoms. The molecule has 1 saturated heterocycles. The van der Waals surface area contributed by atoms with Gasteiger partial charge in [0.2, 0.25) is 5.91 Å². The maximum absolute atomic E-state index is 12.5. The first kappa shape index (κ1) is 18.1. The third-order valence-corrected chi connectivity index (χ3v) is 4.48. The second kappa shape index (κ2) is 7.27. The Morgan fingerprint density at radius 3 is 2.31 bits per heavy atom. The molecule has 1 aliphatic heterocycles. The van der Waals surface area contributed by atoms with Gasteiger partial charge >= 0.3 is 6.18 Å². The van der Waals surface area contributed by atoms with E-state index in [-0.39, 0.29) is 18.4 Å². The Morgan fingerprint density at radius 1 is 1.12 bits per heavy atom. The van der Waals surface area contributed by atoms with Crippen molar-refractivity contribution in [2.45, 2.75) is 19.2 Å². The van der Waals surface area contributed by atoms with E-state index in [1.807, 2.05) is 12.1 Å². The van der Waals surface area contributed by atoms with Crippen LogP contribution >= 0.6 is 0 Å². The highest BCUT2D eigenvalue weighted by Gasteiger charge is 2.30. The third kappa shape index (κ3) is 4.28. The van der Waals surface area contributed by atoms with E-state index in [2.05, 4.69) is 4.90 Å². The van der Waals surface area contributed by atoms with Gasteiger partial charge in [-0.1, -0.05) is 12.1 Å². The first-order valence-corrected chi connectivity index (χ1v) is 8.26. The lowest BCUT2D eigenvalue weighted by Crippen LogP contribution is -2.27. The van der Waals surface area contributed by atoms with Crippen molar-refractivity contribution in [2.75, 3.05) is 18.0 Å². The summed E-state index contributed by atoms with van der Waals surface area (Å²) in [5.74, 6) is 0.230. The summed E-state index contributed by atoms with van der Waals surface area (Å²) in [5, 5.41) is 0. The molecule has 2 N–H and O–H groups in total. The van der Waals surface area contributed by atoms with Crippen molar-refractivity contribution in [1.29, 1.82) is 0 Å². The fraction of sp³-hybridized carbons (Fsp3) is 0.316. The van der Waals surface area contributed by atoms with E-state index in [9.17, 15) is 18.0 Å². The lowest BCUT2D eigenvalue weighted by atomic mass is 10.1. The number of anilines is 1. The number of amides is 1. The molecule has 0 saturated carbocycles. The highest BCUT2D eigenvalue weighted by Crippen LogP contribution is 2.29. The molecule has 4 nitrogen and oxygen atoms in total. The number of alkyl halides is 3. The van der Waals surface area contributed by atoms with E-state index >= 15 is 0 Å². The Labute approximate surface area is 149 Å². The Kier molecular flexibility index (Phi) is 5.06. The predicted molar refractivity (Wildman–Crippen MR) is 91.7 cm³/mol. The number of ether oxygens (including phenoxy) is 1. The van der Waals surface area contributed by atoms with Crippen molar-refractivity contribution >= 4 is 11.6 Å². The molecule has 2 aromatic rings. The lowest BCUT2D eigenvalue weighted by molar-refractivity contribution is -0.137. The van der Waals surface area contributed by atoms with Gasteiger partial charge < -0.3 is 15.4 Å². The molecule has 1 unspecified atom stereocenters. The molecule has 1 amide bonds. The van der Waals surface area contributed by atoms with Gasteiger partial charge in [-0.15, -0.1) is 0 Å². The molecule has 1 atom stereocenters. The second-order valence-corrected chi connectivity index (χ2v) is 6.31. The average molecular weight is 364 g/mol. The van der Waals surface area contributed by atoms with Crippen molar-refractivity contribution in [3.63, 3.8) is 0 Å². The molecule has 26 heavy (non-hydrogen) atoms. The molecular formula is C19H19F3N2O2. The van der Waals surface area contributed by atoms with Crippen molar-refractivity contribution < 1.29 is 22.7 Å². The minimum atomic E-state index is -4.34. The zero-order valence-corrected chi connectivity index (χ0v) is 14.0. The highest BCUT2D eigenvalue weighted by atomic mass is 19.4. The van der Waals surface area contributed by atoms with Crippen LogP contribution in [0, 0.1) is 5.92 Å². The van der Waals surface area contributed by atoms with Crippen LogP contribution in [0.3, 0.4) is 0 Å². The Balaban J connectivity index is 1.56. The number of hydrogen-bond acceptors (Lipinski definition) is 3. The minimum Gasteiger partial charge on any atom is -0.489 e. The highest BCUT2D eigenvalue weighted by molar-refractivity contribution is 5.78. The maximum atomic E-state index is 12.5. The van der Waals surface area contributed by atoms with Crippen LogP contribution in [-0.4, -0.2) is 19.0 Å². The first-order chi connectivity index (χ1) is 12.3. The molecular weight excluding hydrogens is 345 g/mol. The average Bonchev–Trinajstić information content (AvgIpc) is 3.10. The van der Waals surface area contributed by atoms with Crippen LogP contribution in [0.1, 0.15) is 17.5 Å². The van der Waals surface area contributed by atoms with Crippen molar-refractivity contribution in [3.05, 3.63) is 59.7 Å². The molecule has 0 aliphatic carbocycles. The molecule has 1 fully saturated rings. The van der Waals surface area contributed by atoms with Crippen LogP contribution in [0.25, 0.3) is 0 Å². The summed E-state index contributed by atoms with van der Waals surface area (Å²) in [7, 11) is 0. The van der Waals surface area contributed by atoms with Crippen LogP contribution in [0.5, 0.6) is 5.75 Å². The van der Waals surface area contributed by atoms with E-state index in [0.29, 0.717) is 17.9 Å². The summed E-state index contributed by atoms with van der Waals surface area (Å²) >= 11 is 0. The monoisotopic (exact) mass is 364 g/mol. The standard InChI is InChI=1S/C19H19F3N2O2/c20-19(21,22)15-3-1-13(2-4-15)12-26-17-7-5-16(6-8-17)24-10-9-14(11-24)18(23)25/h1-8,14H,9-12H2,(H2,23,25). The van der Waals surface area contributed by atoms with Crippen LogP contribution < -0.4 is 15.4 Å². The number of primary amides is 1. The third-order valence-electron chi connectivity index (χ3n) is 4.48. The van der Waals surface area contributed by atoms with E-state index in [1.54, 1.807) is 12.1 Å². The fourth-order valence-electron chi connectivity index (χ4n) is 2.94. The zero-order valence-electron chi connectivity index (χ0n) is 14.0. The summed E-state index contributed by atoms with van der Waals surface area (Å²) in [6.45, 7) is 1.57. The normalized spacial score (nSPS) is 17.3. The number of carbonyl (C=O) groups excluding carboxylic acids is 1. The van der Waals surface area contributed by atoms with Gasteiger partial charge in [0.05, 0.1) is 11.5 Å². The minimum absolute atomic E-state index is 0.120. The fourth-order valence-corrected chi connectivity index (χ4v) is 2.94. The summed E-state index contributed by atoms with van der Waals surface area (Å²) in [4.78, 5) is 13.3. The molecule has 1 heterocycles. The van der Waals surface area contributed by atoms with Gasteiger partial charge in [0.15, 0.2) is 0 Å². The maximum Gasteiger partial charge on any atom is 0.416 e. The predicted octanol–water partition coefficient (Wildman–Crippen LogP) is 3.60. The molecule has 0 bridgehead atoms. The van der Waals surface area contributed by atoms with Gasteiger partial charge in [0.25, 0.3) is 0 Å². The van der Waals surface area contributed by atoms with Gasteiger partial charge in [-0.25, -0.2) is 0 Å². The van der Waals surface area contributed by atoms with Gasteiger partial charge in [-0.05, 0) is 48.4 Å². The van der Waals surface area contributed by atoms with E-state index < -0.39 is 11.7 Å². The molecule has 1 aliphatic rings. The smallest absolute Gasteiger partial charge is 0.416 e. The number of nitrogens with zero attached hydrogens (tertiary/aromatic N) is 1. The van der Waals surface area contributed by atoms with Gasteiger partial charge in [-0.3, -0.25) is 4.79 Å². The van der Waals surface area contributed by atoms with E-state index in [4.69, 9.17) is 10.5 Å². The SMILES string of the molecule is NC(=O)C1CCN(c2ccc(OCc3ccc(C(F)(F)F)cc3)cc2)C1. The van der Waals surface area contributed by atoms with E-state index in [1.165, 1.54) is 12.1 Å². The van der Waals surface area contributed by atoms with Crippen molar-refractivity contribution in [3.8, 4) is 5.75 Å². The number of rotatable bonds is 5. The number of nitrogens with two attached hydrogens (primary N) is 1. The molecule has 7 heteroatoms. The quantitative estimate of drug-likeness (QED) is 0.882. The zero-order chi connectivity index (χ0) is 18.7. The summed E-state index contributed by atoms with van der Waals surface area (Å²) in [6, 6.07) is 12.3. The van der Waals surface area contributed by atoms with Gasteiger partial charge in [-0.2, -0.15) is 13.2 Å². The summed E-state index contributed by atoms with van der Waals surface area (Å²) in [5.41, 5.74) is 6.31. The van der Waals surface area contributed by atoms with Crippen LogP contribution in [-0.2, 0) is 17.6 Å². The van der Waals surface area contributed by atoms with Gasteiger partial charge in [0, 0.05) is 18.8 Å². The largest absolute Gasteiger partial charge is 0.489 e. The molecule has 3 rings (SSSR count). The number of halogens is 3. The number of carbonyl (C=O) groups is 1. The number of hydrogen-bond donors (Lipinski definition) is 1. The Bertz CT molecular complexity index is 758. The van der Waals surface area contributed by atoms with Gasteiger partial charge in [0.1, 0.15) is 12.4 Å². The molecule has 0 aromatic heterocycles. The van der Waals surface area contributed by atoms with Crippen molar-refractivity contribution in [1.82, 2.24) is 0 Å². The molecule has 138 valence electrons. The lowest BCUT2D eigenvalue weighted by Gasteiger charge is -2.18. The van der Waals surface area contributed by atoms with Crippen LogP contribution in [0.4, 0.5) is 18.9 Å². The van der Waals surface area contributed by atoms with E-state index in [0.717, 1.165) is 30.8 Å². The topological polar surface area (TPSA) is 55.6 Å². The van der Waals surface area contributed by atoms with Crippen LogP contribution in [0.15, 0.2) is 48.5 Å². The Morgan fingerprint density at radius 2 is 1.77 bits per heavy atom. The summed E-state index contributed by atoms with van der Waals surface area (Å²) in [6.07, 6.45) is -3.58. The molecule has 0 radical (unpaired) electrons. The number of benzene rings is 2. The molecule has 2 aromatic carbocycles. The second-order valence-electron chi connectivity index (χ2n) is 6.31. The van der Waals surface area contributed by atoms with Crippen molar-refractivity contribution in [2.24, 2.45) is 11.7 Å². The first-order valence-electron chi connectivity index (χ1n) is 8.26. The Hall–Kier alpha value is -2.70. The summed E-state index contributed by atoms with van der Waals surface area (Å²) < 4.78 is 43.3.